The van der Waals surface area contributed by atoms with E-state index in [1.165, 1.54) is 19.2 Å². The molecule has 19 heavy (non-hydrogen) atoms. The van der Waals surface area contributed by atoms with Crippen LogP contribution in [-0.4, -0.2) is 39.7 Å². The third-order valence-electron chi connectivity index (χ3n) is 2.38. The highest BCUT2D eigenvalue weighted by molar-refractivity contribution is 7.89. The van der Waals surface area contributed by atoms with Crippen LogP contribution in [-0.2, 0) is 10.0 Å². The first kappa shape index (κ1) is 15.8. The standard InChI is InChI=1S/C11H15F2NO4S/c1-7-3-4-9(18-2)10(5-7)19(16,17)14-6-8(15)11(12)13/h3-5,8,11,14-15H,6H2,1-2H3. The van der Waals surface area contributed by atoms with Gasteiger partial charge in [0.15, 0.2) is 0 Å². The van der Waals surface area contributed by atoms with Crippen LogP contribution in [0.15, 0.2) is 23.1 Å². The summed E-state index contributed by atoms with van der Waals surface area (Å²) in [4.78, 5) is -0.156. The van der Waals surface area contributed by atoms with E-state index in [-0.39, 0.29) is 10.6 Å². The maximum atomic E-state index is 12.1. The molecule has 0 aliphatic heterocycles. The lowest BCUT2D eigenvalue weighted by molar-refractivity contribution is -0.000454. The van der Waals surface area contributed by atoms with Crippen molar-refractivity contribution in [2.75, 3.05) is 13.7 Å². The Kier molecular flexibility index (Phi) is 5.21. The molecule has 0 radical (unpaired) electrons. The van der Waals surface area contributed by atoms with Crippen LogP contribution in [0.25, 0.3) is 0 Å². The van der Waals surface area contributed by atoms with Crippen LogP contribution < -0.4 is 9.46 Å². The second kappa shape index (κ2) is 6.27. The molecule has 0 aliphatic rings. The van der Waals surface area contributed by atoms with E-state index in [1.54, 1.807) is 13.0 Å². The van der Waals surface area contributed by atoms with Crippen molar-refractivity contribution in [3.63, 3.8) is 0 Å². The molecule has 0 heterocycles. The summed E-state index contributed by atoms with van der Waals surface area (Å²) in [5.41, 5.74) is 0.676. The first-order valence-electron chi connectivity index (χ1n) is 5.38. The number of hydrogen-bond donors (Lipinski definition) is 2. The van der Waals surface area contributed by atoms with Gasteiger partial charge in [-0.15, -0.1) is 0 Å². The number of rotatable bonds is 6. The average Bonchev–Trinajstić information content (AvgIpc) is 2.35. The van der Waals surface area contributed by atoms with Crippen LogP contribution in [0.2, 0.25) is 0 Å². The van der Waals surface area contributed by atoms with E-state index in [9.17, 15) is 17.2 Å². The number of halogens is 2. The Morgan fingerprint density at radius 2 is 2.05 bits per heavy atom. The van der Waals surface area contributed by atoms with Gasteiger partial charge in [-0.3, -0.25) is 0 Å². The SMILES string of the molecule is COc1ccc(C)cc1S(=O)(=O)NCC(O)C(F)F. The summed E-state index contributed by atoms with van der Waals surface area (Å²) >= 11 is 0. The zero-order valence-corrected chi connectivity index (χ0v) is 11.2. The lowest BCUT2D eigenvalue weighted by atomic mass is 10.2. The number of aryl methyl sites for hydroxylation is 1. The maximum Gasteiger partial charge on any atom is 0.265 e. The van der Waals surface area contributed by atoms with Crippen LogP contribution in [0.3, 0.4) is 0 Å². The fourth-order valence-electron chi connectivity index (χ4n) is 1.36. The van der Waals surface area contributed by atoms with Gasteiger partial charge in [0.2, 0.25) is 10.0 Å². The number of benzene rings is 1. The predicted octanol–water partition coefficient (Wildman–Crippen LogP) is 0.908. The van der Waals surface area contributed by atoms with Gasteiger partial charge in [0.1, 0.15) is 16.7 Å². The number of hydrogen-bond acceptors (Lipinski definition) is 4. The van der Waals surface area contributed by atoms with Crippen LogP contribution in [0, 0.1) is 6.92 Å². The fourth-order valence-corrected chi connectivity index (χ4v) is 2.66. The summed E-state index contributed by atoms with van der Waals surface area (Å²) < 4.78 is 54.9. The Labute approximate surface area is 110 Å². The van der Waals surface area contributed by atoms with Gasteiger partial charge in [-0.05, 0) is 24.6 Å². The first-order valence-corrected chi connectivity index (χ1v) is 6.86. The number of methoxy groups -OCH3 is 1. The minimum absolute atomic E-state index is 0.102. The normalized spacial score (nSPS) is 13.6. The number of sulfonamides is 1. The van der Waals surface area contributed by atoms with Gasteiger partial charge >= 0.3 is 0 Å². The molecule has 5 nitrogen and oxygen atoms in total. The molecule has 0 spiro atoms. The Bertz CT molecular complexity index is 533. The molecule has 1 unspecified atom stereocenters. The fraction of sp³-hybridized carbons (Fsp3) is 0.455. The largest absolute Gasteiger partial charge is 0.495 e. The highest BCUT2D eigenvalue weighted by Crippen LogP contribution is 2.24. The molecule has 1 aromatic rings. The van der Waals surface area contributed by atoms with Gasteiger partial charge in [0.05, 0.1) is 7.11 Å². The molecule has 1 aromatic carbocycles. The van der Waals surface area contributed by atoms with Crippen molar-refractivity contribution >= 4 is 10.0 Å². The average molecular weight is 295 g/mol. The molecule has 0 aromatic heterocycles. The molecule has 0 saturated heterocycles. The second-order valence-corrected chi connectivity index (χ2v) is 5.64. The van der Waals surface area contributed by atoms with Crippen LogP contribution in [0.4, 0.5) is 8.78 Å². The predicted molar refractivity (Wildman–Crippen MR) is 64.9 cm³/mol. The quantitative estimate of drug-likeness (QED) is 0.818. The van der Waals surface area contributed by atoms with Crippen molar-refractivity contribution in [1.29, 1.82) is 0 Å². The minimum atomic E-state index is -4.02. The first-order chi connectivity index (χ1) is 8.77. The van der Waals surface area contributed by atoms with Gasteiger partial charge in [0, 0.05) is 6.54 Å². The summed E-state index contributed by atoms with van der Waals surface area (Å²) in [6.07, 6.45) is -5.06. The van der Waals surface area contributed by atoms with E-state index in [2.05, 4.69) is 0 Å². The highest BCUT2D eigenvalue weighted by atomic mass is 32.2. The summed E-state index contributed by atoms with van der Waals surface area (Å²) in [5, 5.41) is 8.91. The van der Waals surface area contributed by atoms with Gasteiger partial charge in [-0.1, -0.05) is 6.07 Å². The van der Waals surface area contributed by atoms with Crippen molar-refractivity contribution in [3.8, 4) is 5.75 Å². The molecule has 0 saturated carbocycles. The van der Waals surface area contributed by atoms with Gasteiger partial charge in [0.25, 0.3) is 6.43 Å². The Balaban J connectivity index is 2.97. The number of nitrogens with one attached hydrogen (secondary N) is 1. The monoisotopic (exact) mass is 295 g/mol. The summed E-state index contributed by atoms with van der Waals surface area (Å²) in [6.45, 7) is 0.920. The molecule has 8 heteroatoms. The second-order valence-electron chi connectivity index (χ2n) is 3.91. The lowest BCUT2D eigenvalue weighted by Gasteiger charge is -2.13. The van der Waals surface area contributed by atoms with Gasteiger partial charge in [-0.2, -0.15) is 0 Å². The molecule has 1 rings (SSSR count). The van der Waals surface area contributed by atoms with Crippen molar-refractivity contribution in [1.82, 2.24) is 4.72 Å². The number of alkyl halides is 2. The van der Waals surface area contributed by atoms with Crippen molar-refractivity contribution in [2.24, 2.45) is 0 Å². The van der Waals surface area contributed by atoms with Crippen LogP contribution in [0.1, 0.15) is 5.56 Å². The molecule has 2 N–H and O–H groups in total. The van der Waals surface area contributed by atoms with E-state index in [4.69, 9.17) is 9.84 Å². The zero-order chi connectivity index (χ0) is 14.6. The maximum absolute atomic E-state index is 12.1. The van der Waals surface area contributed by atoms with E-state index in [1.807, 2.05) is 4.72 Å². The Morgan fingerprint density at radius 3 is 2.58 bits per heavy atom. The third-order valence-corrected chi connectivity index (χ3v) is 3.83. The molecule has 0 bridgehead atoms. The summed E-state index contributed by atoms with van der Waals surface area (Å²) in [6, 6.07) is 4.48. The minimum Gasteiger partial charge on any atom is -0.495 e. The molecule has 0 amide bonds. The topological polar surface area (TPSA) is 75.6 Å². The number of aliphatic hydroxyl groups excluding tert-OH is 1. The van der Waals surface area contributed by atoms with E-state index < -0.39 is 29.1 Å². The lowest BCUT2D eigenvalue weighted by Crippen LogP contribution is -2.36. The number of aliphatic hydroxyl groups is 1. The highest BCUT2D eigenvalue weighted by Gasteiger charge is 2.23. The Morgan fingerprint density at radius 1 is 1.42 bits per heavy atom. The summed E-state index contributed by atoms with van der Waals surface area (Å²) in [5.74, 6) is 0.102. The zero-order valence-electron chi connectivity index (χ0n) is 10.4. The summed E-state index contributed by atoms with van der Waals surface area (Å²) in [7, 11) is -2.72. The van der Waals surface area contributed by atoms with Crippen molar-refractivity contribution in [3.05, 3.63) is 23.8 Å². The van der Waals surface area contributed by atoms with Gasteiger partial charge in [-0.25, -0.2) is 21.9 Å². The van der Waals surface area contributed by atoms with Crippen LogP contribution >= 0.6 is 0 Å². The number of ether oxygens (including phenoxy) is 1. The van der Waals surface area contributed by atoms with E-state index in [0.29, 0.717) is 5.56 Å². The third kappa shape index (κ3) is 4.12. The molecular formula is C11H15F2NO4S. The van der Waals surface area contributed by atoms with Crippen molar-refractivity contribution < 1.29 is 27.0 Å². The Hall–Kier alpha value is -1.25. The smallest absolute Gasteiger partial charge is 0.265 e. The van der Waals surface area contributed by atoms with Crippen molar-refractivity contribution in [2.45, 2.75) is 24.3 Å². The van der Waals surface area contributed by atoms with Gasteiger partial charge < -0.3 is 9.84 Å². The molecule has 0 aliphatic carbocycles. The van der Waals surface area contributed by atoms with Crippen LogP contribution in [0.5, 0.6) is 5.75 Å². The molecular weight excluding hydrogens is 280 g/mol. The molecule has 1 atom stereocenters. The molecule has 108 valence electrons. The van der Waals surface area contributed by atoms with E-state index in [0.717, 1.165) is 0 Å². The molecule has 0 fully saturated rings. The van der Waals surface area contributed by atoms with E-state index >= 15 is 0 Å².